The molecule has 0 spiro atoms. The molecule has 1 aromatic carbocycles. The van der Waals surface area contributed by atoms with Crippen molar-refractivity contribution in [3.05, 3.63) is 28.3 Å². The molecule has 2 heterocycles. The number of ether oxygens (including phenoxy) is 3. The van der Waals surface area contributed by atoms with Crippen molar-refractivity contribution in [3.63, 3.8) is 0 Å². The number of phenolic OH excluding ortho intramolecular Hbond substituents is 1. The molecule has 1 fully saturated rings. The molecule has 1 N–H and O–H groups in total. The van der Waals surface area contributed by atoms with Crippen LogP contribution in [0, 0.1) is 6.92 Å². The zero-order valence-corrected chi connectivity index (χ0v) is 13.3. The number of methoxy groups -OCH3 is 1. The number of hydrogen-bond acceptors (Lipinski definition) is 6. The number of cyclic esters (lactones) is 2. The molecular formula is C17H18O6. The van der Waals surface area contributed by atoms with Crippen LogP contribution in [0.25, 0.3) is 6.08 Å². The molecule has 0 bridgehead atoms. The number of rotatable bonds is 3. The molecule has 0 aliphatic carbocycles. The zero-order valence-electron chi connectivity index (χ0n) is 13.3. The minimum Gasteiger partial charge on any atom is -0.506 e. The summed E-state index contributed by atoms with van der Waals surface area (Å²) >= 11 is 0. The largest absolute Gasteiger partial charge is 0.506 e. The van der Waals surface area contributed by atoms with E-state index in [1.54, 1.807) is 19.1 Å². The first-order chi connectivity index (χ1) is 10.9. The molecule has 0 saturated carbocycles. The predicted molar refractivity (Wildman–Crippen MR) is 81.3 cm³/mol. The van der Waals surface area contributed by atoms with E-state index in [2.05, 4.69) is 0 Å². The van der Waals surface area contributed by atoms with Crippen LogP contribution >= 0.6 is 0 Å². The lowest BCUT2D eigenvalue weighted by atomic mass is 9.95. The third-order valence-corrected chi connectivity index (χ3v) is 4.36. The van der Waals surface area contributed by atoms with E-state index in [0.29, 0.717) is 29.7 Å². The maximum absolute atomic E-state index is 11.8. The summed E-state index contributed by atoms with van der Waals surface area (Å²) < 4.78 is 15.7. The number of benzene rings is 1. The highest BCUT2D eigenvalue weighted by molar-refractivity contribution is 5.99. The van der Waals surface area contributed by atoms with Gasteiger partial charge in [-0.15, -0.1) is 0 Å². The van der Waals surface area contributed by atoms with Gasteiger partial charge in [-0.2, -0.15) is 0 Å². The quantitative estimate of drug-likeness (QED) is 0.862. The highest BCUT2D eigenvalue weighted by Gasteiger charge is 2.35. The second-order valence-corrected chi connectivity index (χ2v) is 5.97. The summed E-state index contributed by atoms with van der Waals surface area (Å²) in [6, 6.07) is 0. The number of carbonyl (C=O) groups excluding carboxylic acids is 2. The Labute approximate surface area is 133 Å². The Morgan fingerprint density at radius 3 is 2.70 bits per heavy atom. The van der Waals surface area contributed by atoms with E-state index in [-0.39, 0.29) is 23.9 Å². The van der Waals surface area contributed by atoms with Gasteiger partial charge in [-0.25, -0.2) is 4.79 Å². The second-order valence-electron chi connectivity index (χ2n) is 5.97. The molecule has 3 rings (SSSR count). The van der Waals surface area contributed by atoms with E-state index in [1.165, 1.54) is 7.11 Å². The van der Waals surface area contributed by atoms with Gasteiger partial charge in [0.1, 0.15) is 29.3 Å². The number of hydrogen-bond donors (Lipinski definition) is 1. The summed E-state index contributed by atoms with van der Waals surface area (Å²) in [6.45, 7) is 3.74. The second kappa shape index (κ2) is 5.30. The van der Waals surface area contributed by atoms with Crippen molar-refractivity contribution in [2.45, 2.75) is 38.9 Å². The van der Waals surface area contributed by atoms with Crippen LogP contribution in [0.3, 0.4) is 0 Å². The fraction of sp³-hybridized carbons (Fsp3) is 0.412. The summed E-state index contributed by atoms with van der Waals surface area (Å²) in [7, 11) is 1.50. The first kappa shape index (κ1) is 15.4. The number of fused-ring (bicyclic) bond motifs is 1. The third-order valence-electron chi connectivity index (χ3n) is 4.36. The highest BCUT2D eigenvalue weighted by Crippen LogP contribution is 2.42. The molecule has 1 unspecified atom stereocenters. The van der Waals surface area contributed by atoms with Gasteiger partial charge in [0, 0.05) is 18.4 Å². The molecule has 6 nitrogen and oxygen atoms in total. The highest BCUT2D eigenvalue weighted by atomic mass is 16.6. The first-order valence-corrected chi connectivity index (χ1v) is 7.37. The Morgan fingerprint density at radius 2 is 2.09 bits per heavy atom. The Hall–Kier alpha value is -2.50. The van der Waals surface area contributed by atoms with Crippen LogP contribution in [-0.2, 0) is 20.9 Å². The molecule has 23 heavy (non-hydrogen) atoms. The molecular weight excluding hydrogens is 300 g/mol. The molecule has 0 radical (unpaired) electrons. The van der Waals surface area contributed by atoms with Crippen LogP contribution in [-0.4, -0.2) is 29.8 Å². The lowest BCUT2D eigenvalue weighted by Gasteiger charge is -2.19. The number of aromatic hydroxyl groups is 1. The lowest BCUT2D eigenvalue weighted by Crippen LogP contribution is -2.20. The monoisotopic (exact) mass is 318 g/mol. The van der Waals surface area contributed by atoms with Gasteiger partial charge >= 0.3 is 11.9 Å². The van der Waals surface area contributed by atoms with E-state index in [1.807, 2.05) is 6.92 Å². The standard InChI is InChI=1S/C17H18O6/c1-9-11-8-22-16(20)13(11)14(19)10(15(9)21-3)4-6-17(2)7-5-12(18)23-17/h4,6,19H,5,7-8H2,1-3H3/b6-4+. The normalized spacial score (nSPS) is 23.1. The minimum atomic E-state index is -0.720. The SMILES string of the molecule is COc1c(C)c2c(c(O)c1/C=C/C1(C)CCC(=O)O1)C(=O)OC2. The third kappa shape index (κ3) is 2.44. The Kier molecular flexibility index (Phi) is 3.55. The van der Waals surface area contributed by atoms with Crippen molar-refractivity contribution in [1.82, 2.24) is 0 Å². The zero-order chi connectivity index (χ0) is 16.8. The Bertz CT molecular complexity index is 733. The average Bonchev–Trinajstić information content (AvgIpc) is 3.05. The fourth-order valence-corrected chi connectivity index (χ4v) is 3.03. The van der Waals surface area contributed by atoms with Gasteiger partial charge in [0.05, 0.1) is 12.7 Å². The van der Waals surface area contributed by atoms with E-state index in [9.17, 15) is 14.7 Å². The molecule has 6 heteroatoms. The van der Waals surface area contributed by atoms with Crippen LogP contribution in [0.4, 0.5) is 0 Å². The number of carbonyl (C=O) groups is 2. The summed E-state index contributed by atoms with van der Waals surface area (Å²) in [4.78, 5) is 23.2. The van der Waals surface area contributed by atoms with Crippen molar-refractivity contribution in [2.75, 3.05) is 7.11 Å². The van der Waals surface area contributed by atoms with Crippen molar-refractivity contribution in [3.8, 4) is 11.5 Å². The summed E-state index contributed by atoms with van der Waals surface area (Å²) in [5.41, 5.74) is 1.23. The molecule has 1 atom stereocenters. The van der Waals surface area contributed by atoms with Gasteiger partial charge in [-0.3, -0.25) is 4.79 Å². The van der Waals surface area contributed by atoms with Crippen LogP contribution in [0.1, 0.15) is 46.8 Å². The van der Waals surface area contributed by atoms with E-state index in [0.717, 1.165) is 5.56 Å². The minimum absolute atomic E-state index is 0.128. The lowest BCUT2D eigenvalue weighted by molar-refractivity contribution is -0.144. The van der Waals surface area contributed by atoms with Crippen LogP contribution in [0.15, 0.2) is 6.08 Å². The topological polar surface area (TPSA) is 82.1 Å². The maximum Gasteiger partial charge on any atom is 0.342 e. The molecule has 0 amide bonds. The predicted octanol–water partition coefficient (Wildman–Crippen LogP) is 2.49. The van der Waals surface area contributed by atoms with Crippen LogP contribution < -0.4 is 4.74 Å². The van der Waals surface area contributed by atoms with Gasteiger partial charge in [0.2, 0.25) is 0 Å². The van der Waals surface area contributed by atoms with Gasteiger partial charge in [0.15, 0.2) is 0 Å². The Morgan fingerprint density at radius 1 is 1.35 bits per heavy atom. The van der Waals surface area contributed by atoms with Gasteiger partial charge in [-0.05, 0) is 31.6 Å². The van der Waals surface area contributed by atoms with Crippen LogP contribution in [0.5, 0.6) is 11.5 Å². The van der Waals surface area contributed by atoms with Gasteiger partial charge in [0.25, 0.3) is 0 Å². The maximum atomic E-state index is 11.8. The number of esters is 2. The molecule has 2 aliphatic heterocycles. The van der Waals surface area contributed by atoms with Crippen molar-refractivity contribution < 1.29 is 28.9 Å². The average molecular weight is 318 g/mol. The van der Waals surface area contributed by atoms with Crippen molar-refractivity contribution in [1.29, 1.82) is 0 Å². The van der Waals surface area contributed by atoms with Crippen molar-refractivity contribution in [2.24, 2.45) is 0 Å². The summed E-state index contributed by atoms with van der Waals surface area (Å²) in [6.07, 6.45) is 4.27. The van der Waals surface area contributed by atoms with E-state index in [4.69, 9.17) is 14.2 Å². The van der Waals surface area contributed by atoms with Gasteiger partial charge < -0.3 is 19.3 Å². The van der Waals surface area contributed by atoms with E-state index < -0.39 is 11.6 Å². The summed E-state index contributed by atoms with van der Waals surface area (Å²) in [5, 5.41) is 10.5. The van der Waals surface area contributed by atoms with Crippen LogP contribution in [0.2, 0.25) is 0 Å². The smallest absolute Gasteiger partial charge is 0.342 e. The fourth-order valence-electron chi connectivity index (χ4n) is 3.03. The first-order valence-electron chi connectivity index (χ1n) is 7.37. The molecule has 1 aromatic rings. The molecule has 122 valence electrons. The molecule has 1 saturated heterocycles. The Balaban J connectivity index is 2.09. The molecule has 0 aromatic heterocycles. The van der Waals surface area contributed by atoms with Crippen molar-refractivity contribution >= 4 is 18.0 Å². The number of phenols is 1. The van der Waals surface area contributed by atoms with Gasteiger partial charge in [-0.1, -0.05) is 0 Å². The molecule has 2 aliphatic rings. The summed E-state index contributed by atoms with van der Waals surface area (Å²) in [5.74, 6) is -0.490. The van der Waals surface area contributed by atoms with E-state index >= 15 is 0 Å².